The van der Waals surface area contributed by atoms with Gasteiger partial charge < -0.3 is 20.8 Å². The van der Waals surface area contributed by atoms with Crippen molar-refractivity contribution in [2.45, 2.75) is 12.8 Å². The number of methoxy groups -OCH3 is 1. The van der Waals surface area contributed by atoms with Gasteiger partial charge in [0.1, 0.15) is 5.82 Å². The Labute approximate surface area is 103 Å². The molecule has 0 unspecified atom stereocenters. The van der Waals surface area contributed by atoms with Crippen LogP contribution in [0.4, 0.5) is 10.8 Å². The number of nitrogens with one attached hydrogen (secondary N) is 2. The van der Waals surface area contributed by atoms with Crippen LogP contribution in [0.1, 0.15) is 12.2 Å². The second-order valence-electron chi connectivity index (χ2n) is 3.50. The normalized spacial score (nSPS) is 10.4. The summed E-state index contributed by atoms with van der Waals surface area (Å²) in [6, 6.07) is 0. The average Bonchev–Trinajstić information content (AvgIpc) is 2.94. The van der Waals surface area contributed by atoms with Gasteiger partial charge in [-0.05, 0) is 18.0 Å². The Hall–Kier alpha value is -1.76. The van der Waals surface area contributed by atoms with Crippen LogP contribution in [0.25, 0.3) is 0 Å². The maximum atomic E-state index is 5.65. The van der Waals surface area contributed by atoms with E-state index in [0.717, 1.165) is 30.2 Å². The van der Waals surface area contributed by atoms with Crippen molar-refractivity contribution < 1.29 is 4.74 Å². The molecule has 17 heavy (non-hydrogen) atoms. The fraction of sp³-hybridized carbons (Fsp3) is 0.400. The first kappa shape index (κ1) is 11.7. The lowest BCUT2D eigenvalue weighted by atomic mass is 10.3. The lowest BCUT2D eigenvalue weighted by molar-refractivity contribution is 0.419. The van der Waals surface area contributed by atoms with Crippen molar-refractivity contribution in [3.63, 3.8) is 0 Å². The van der Waals surface area contributed by atoms with Crippen LogP contribution in [0.2, 0.25) is 0 Å². The molecule has 0 spiro atoms. The number of nitrogens with two attached hydrogens (primary N) is 1. The predicted octanol–water partition coefficient (Wildman–Crippen LogP) is 1.50. The van der Waals surface area contributed by atoms with E-state index < -0.39 is 0 Å². The Kier molecular flexibility index (Phi) is 3.81. The van der Waals surface area contributed by atoms with Gasteiger partial charge in [0.2, 0.25) is 0 Å². The molecule has 0 aliphatic carbocycles. The van der Waals surface area contributed by atoms with Crippen molar-refractivity contribution in [1.29, 1.82) is 0 Å². The van der Waals surface area contributed by atoms with Crippen LogP contribution < -0.4 is 15.8 Å². The van der Waals surface area contributed by atoms with Crippen LogP contribution in [0.5, 0.6) is 5.75 Å². The van der Waals surface area contributed by atoms with Gasteiger partial charge in [0.25, 0.3) is 0 Å². The highest BCUT2D eigenvalue weighted by atomic mass is 32.1. The molecule has 2 aromatic rings. The van der Waals surface area contributed by atoms with Gasteiger partial charge in [-0.15, -0.1) is 0 Å². The Morgan fingerprint density at radius 1 is 1.59 bits per heavy atom. The zero-order valence-electron chi connectivity index (χ0n) is 9.56. The molecule has 2 aromatic heterocycles. The number of aromatic nitrogens is 3. The highest BCUT2D eigenvalue weighted by Crippen LogP contribution is 2.34. The van der Waals surface area contributed by atoms with E-state index in [0.29, 0.717) is 11.6 Å². The largest absolute Gasteiger partial charge is 0.490 e. The van der Waals surface area contributed by atoms with Crippen molar-refractivity contribution in [3.8, 4) is 5.75 Å². The molecule has 6 nitrogen and oxygen atoms in total. The van der Waals surface area contributed by atoms with Crippen molar-refractivity contribution >= 4 is 22.4 Å². The van der Waals surface area contributed by atoms with Gasteiger partial charge in [-0.2, -0.15) is 4.37 Å². The number of aromatic amines is 1. The van der Waals surface area contributed by atoms with E-state index in [1.54, 1.807) is 13.3 Å². The predicted molar refractivity (Wildman–Crippen MR) is 68.5 cm³/mol. The molecule has 0 fully saturated rings. The van der Waals surface area contributed by atoms with E-state index in [4.69, 9.17) is 10.5 Å². The number of imidazole rings is 1. The first-order valence-corrected chi connectivity index (χ1v) is 6.10. The summed E-state index contributed by atoms with van der Waals surface area (Å²) >= 11 is 1.31. The SMILES string of the molecule is COc1c(N)nsc1NCCCc1ncc[nH]1. The van der Waals surface area contributed by atoms with Gasteiger partial charge in [-0.3, -0.25) is 0 Å². The number of aryl methyl sites for hydroxylation is 1. The van der Waals surface area contributed by atoms with Crippen LogP contribution >= 0.6 is 11.5 Å². The number of H-pyrrole nitrogens is 1. The number of ether oxygens (including phenoxy) is 1. The summed E-state index contributed by atoms with van der Waals surface area (Å²) < 4.78 is 9.19. The summed E-state index contributed by atoms with van der Waals surface area (Å²) in [6.07, 6.45) is 5.48. The molecule has 2 rings (SSSR count). The molecule has 0 atom stereocenters. The van der Waals surface area contributed by atoms with Crippen LogP contribution in [-0.2, 0) is 6.42 Å². The van der Waals surface area contributed by atoms with Crippen molar-refractivity contribution in [1.82, 2.24) is 14.3 Å². The maximum Gasteiger partial charge on any atom is 0.197 e. The minimum Gasteiger partial charge on any atom is -0.490 e. The van der Waals surface area contributed by atoms with Crippen molar-refractivity contribution in [2.24, 2.45) is 0 Å². The zero-order chi connectivity index (χ0) is 12.1. The second-order valence-corrected chi connectivity index (χ2v) is 4.27. The van der Waals surface area contributed by atoms with E-state index in [1.807, 2.05) is 6.20 Å². The summed E-state index contributed by atoms with van der Waals surface area (Å²) in [6.45, 7) is 0.832. The molecule has 0 saturated carbocycles. The summed E-state index contributed by atoms with van der Waals surface area (Å²) in [5.74, 6) is 2.07. The molecular weight excluding hydrogens is 238 g/mol. The Morgan fingerprint density at radius 2 is 2.47 bits per heavy atom. The molecule has 4 N–H and O–H groups in total. The van der Waals surface area contributed by atoms with Crippen molar-refractivity contribution in [3.05, 3.63) is 18.2 Å². The topological polar surface area (TPSA) is 88.8 Å². The lowest BCUT2D eigenvalue weighted by Crippen LogP contribution is -2.03. The summed E-state index contributed by atoms with van der Waals surface area (Å²) in [4.78, 5) is 7.23. The van der Waals surface area contributed by atoms with Gasteiger partial charge in [-0.1, -0.05) is 0 Å². The summed E-state index contributed by atoms with van der Waals surface area (Å²) in [5.41, 5.74) is 5.65. The van der Waals surface area contributed by atoms with E-state index in [1.165, 1.54) is 11.5 Å². The number of nitrogen functional groups attached to an aromatic ring is 1. The number of nitrogens with zero attached hydrogens (tertiary/aromatic N) is 2. The molecule has 0 saturated heterocycles. The van der Waals surface area contributed by atoms with Crippen LogP contribution in [0.3, 0.4) is 0 Å². The Balaban J connectivity index is 1.78. The highest BCUT2D eigenvalue weighted by molar-refractivity contribution is 7.11. The molecule has 2 heterocycles. The number of hydrogen-bond donors (Lipinski definition) is 3. The third-order valence-electron chi connectivity index (χ3n) is 2.31. The molecule has 0 aliphatic rings. The summed E-state index contributed by atoms with van der Waals surface area (Å²) in [5, 5.41) is 4.14. The smallest absolute Gasteiger partial charge is 0.197 e. The van der Waals surface area contributed by atoms with Gasteiger partial charge in [-0.25, -0.2) is 4.98 Å². The fourth-order valence-corrected chi connectivity index (χ4v) is 2.21. The fourth-order valence-electron chi connectivity index (χ4n) is 1.50. The average molecular weight is 253 g/mol. The van der Waals surface area contributed by atoms with Crippen LogP contribution in [0, 0.1) is 0 Å². The molecule has 0 aliphatic heterocycles. The molecule has 0 bridgehead atoms. The van der Waals surface area contributed by atoms with E-state index in [9.17, 15) is 0 Å². The minimum absolute atomic E-state index is 0.436. The van der Waals surface area contributed by atoms with Gasteiger partial charge in [0, 0.05) is 25.4 Å². The minimum atomic E-state index is 0.436. The van der Waals surface area contributed by atoms with E-state index in [-0.39, 0.29) is 0 Å². The quantitative estimate of drug-likeness (QED) is 0.679. The van der Waals surface area contributed by atoms with Gasteiger partial charge in [0.15, 0.2) is 16.6 Å². The van der Waals surface area contributed by atoms with E-state index >= 15 is 0 Å². The first-order chi connectivity index (χ1) is 8.31. The Bertz CT molecular complexity index is 453. The second kappa shape index (κ2) is 5.53. The Morgan fingerprint density at radius 3 is 3.18 bits per heavy atom. The molecule has 7 heteroatoms. The van der Waals surface area contributed by atoms with Gasteiger partial charge in [0.05, 0.1) is 7.11 Å². The molecule has 92 valence electrons. The van der Waals surface area contributed by atoms with Crippen molar-refractivity contribution in [2.75, 3.05) is 24.7 Å². The third kappa shape index (κ3) is 2.88. The first-order valence-electron chi connectivity index (χ1n) is 5.32. The molecule has 0 radical (unpaired) electrons. The zero-order valence-corrected chi connectivity index (χ0v) is 10.4. The lowest BCUT2D eigenvalue weighted by Gasteiger charge is -2.05. The number of hydrogen-bond acceptors (Lipinski definition) is 6. The molecular formula is C10H15N5OS. The van der Waals surface area contributed by atoms with Crippen LogP contribution in [0.15, 0.2) is 12.4 Å². The maximum absolute atomic E-state index is 5.65. The highest BCUT2D eigenvalue weighted by Gasteiger charge is 2.10. The third-order valence-corrected chi connectivity index (χ3v) is 3.11. The van der Waals surface area contributed by atoms with E-state index in [2.05, 4.69) is 19.7 Å². The standard InChI is InChI=1S/C10H15N5OS/c1-16-8-9(11)15-17-10(8)14-4-2-3-7-12-5-6-13-7/h5-6,14H,2-4H2,1H3,(H2,11,15)(H,12,13). The molecule has 0 aromatic carbocycles. The number of anilines is 2. The van der Waals surface area contributed by atoms with Gasteiger partial charge >= 0.3 is 0 Å². The molecule has 0 amide bonds. The monoisotopic (exact) mass is 253 g/mol. The summed E-state index contributed by atoms with van der Waals surface area (Å²) in [7, 11) is 1.59. The number of rotatable bonds is 6. The van der Waals surface area contributed by atoms with Crippen LogP contribution in [-0.4, -0.2) is 28.0 Å².